The van der Waals surface area contributed by atoms with Crippen molar-refractivity contribution < 1.29 is 0 Å². The summed E-state index contributed by atoms with van der Waals surface area (Å²) in [5, 5.41) is 6.91. The molecule has 2 N–H and O–H groups in total. The largest absolute Gasteiger partial charge is 0.357 e. The van der Waals surface area contributed by atoms with Crippen LogP contribution in [0.15, 0.2) is 4.99 Å². The lowest BCUT2D eigenvalue weighted by atomic mass is 10.1. The SMILES string of the molecule is CCNC(=NCC1CCN(C2CC2)C1)NCCN(C(C)C)C(C)C. The number of nitrogens with one attached hydrogen (secondary N) is 2. The van der Waals surface area contributed by atoms with Crippen molar-refractivity contribution >= 4 is 5.96 Å². The van der Waals surface area contributed by atoms with Crippen LogP contribution < -0.4 is 10.6 Å². The summed E-state index contributed by atoms with van der Waals surface area (Å²) in [6.45, 7) is 17.6. The molecule has 5 nitrogen and oxygen atoms in total. The molecule has 2 rings (SSSR count). The minimum absolute atomic E-state index is 0.582. The molecule has 2 aliphatic rings. The fourth-order valence-electron chi connectivity index (χ4n) is 3.76. The molecule has 5 heteroatoms. The highest BCUT2D eigenvalue weighted by atomic mass is 15.2. The van der Waals surface area contributed by atoms with Crippen molar-refractivity contribution in [3.63, 3.8) is 0 Å². The number of nitrogens with zero attached hydrogens (tertiary/aromatic N) is 3. The second kappa shape index (κ2) is 9.62. The first-order valence-electron chi connectivity index (χ1n) is 10.0. The zero-order chi connectivity index (χ0) is 17.5. The molecule has 1 aliphatic carbocycles. The van der Waals surface area contributed by atoms with Gasteiger partial charge < -0.3 is 15.5 Å². The first-order chi connectivity index (χ1) is 11.5. The lowest BCUT2D eigenvalue weighted by Gasteiger charge is -2.30. The van der Waals surface area contributed by atoms with Gasteiger partial charge in [-0.05, 0) is 66.3 Å². The number of rotatable bonds is 9. The third-order valence-corrected chi connectivity index (χ3v) is 5.22. The normalized spacial score (nSPS) is 22.8. The molecule has 0 radical (unpaired) electrons. The number of aliphatic imine (C=N–C) groups is 1. The predicted molar refractivity (Wildman–Crippen MR) is 104 cm³/mol. The van der Waals surface area contributed by atoms with E-state index in [2.05, 4.69) is 55.1 Å². The molecule has 0 bridgehead atoms. The third kappa shape index (κ3) is 6.25. The molecule has 0 amide bonds. The first kappa shape index (κ1) is 19.5. The van der Waals surface area contributed by atoms with E-state index in [4.69, 9.17) is 4.99 Å². The van der Waals surface area contributed by atoms with Gasteiger partial charge in [-0.2, -0.15) is 0 Å². The van der Waals surface area contributed by atoms with E-state index in [0.717, 1.165) is 44.1 Å². The van der Waals surface area contributed by atoms with Crippen molar-refractivity contribution in [3.05, 3.63) is 0 Å². The van der Waals surface area contributed by atoms with Gasteiger partial charge in [-0.25, -0.2) is 0 Å². The van der Waals surface area contributed by atoms with E-state index in [0.29, 0.717) is 12.1 Å². The molecule has 1 saturated heterocycles. The van der Waals surface area contributed by atoms with Crippen molar-refractivity contribution in [1.29, 1.82) is 0 Å². The van der Waals surface area contributed by atoms with Gasteiger partial charge in [0.15, 0.2) is 5.96 Å². The Balaban J connectivity index is 1.73. The zero-order valence-electron chi connectivity index (χ0n) is 16.5. The predicted octanol–water partition coefficient (Wildman–Crippen LogP) is 2.14. The molecule has 1 saturated carbocycles. The topological polar surface area (TPSA) is 42.9 Å². The van der Waals surface area contributed by atoms with Gasteiger partial charge in [0.05, 0.1) is 0 Å². The molecule has 0 aromatic heterocycles. The van der Waals surface area contributed by atoms with E-state index >= 15 is 0 Å². The molecule has 140 valence electrons. The Labute approximate surface area is 149 Å². The quantitative estimate of drug-likeness (QED) is 0.500. The maximum Gasteiger partial charge on any atom is 0.191 e. The Bertz CT molecular complexity index is 381. The van der Waals surface area contributed by atoms with Crippen molar-refractivity contribution in [1.82, 2.24) is 20.4 Å². The maximum absolute atomic E-state index is 4.85. The average Bonchev–Trinajstić information content (AvgIpc) is 3.27. The smallest absolute Gasteiger partial charge is 0.191 e. The van der Waals surface area contributed by atoms with Gasteiger partial charge in [-0.1, -0.05) is 0 Å². The lowest BCUT2D eigenvalue weighted by Crippen LogP contribution is -2.45. The Morgan fingerprint density at radius 3 is 2.42 bits per heavy atom. The minimum atomic E-state index is 0.582. The van der Waals surface area contributed by atoms with Gasteiger partial charge in [0.2, 0.25) is 0 Å². The Hall–Kier alpha value is -0.810. The van der Waals surface area contributed by atoms with Crippen LogP contribution in [0.3, 0.4) is 0 Å². The van der Waals surface area contributed by atoms with Gasteiger partial charge in [0.1, 0.15) is 0 Å². The van der Waals surface area contributed by atoms with Crippen LogP contribution in [-0.4, -0.2) is 73.2 Å². The summed E-state index contributed by atoms with van der Waals surface area (Å²) in [7, 11) is 0. The van der Waals surface area contributed by atoms with E-state index in [1.54, 1.807) is 0 Å². The zero-order valence-corrected chi connectivity index (χ0v) is 16.5. The molecule has 1 heterocycles. The molecule has 24 heavy (non-hydrogen) atoms. The fraction of sp³-hybridized carbons (Fsp3) is 0.947. The summed E-state index contributed by atoms with van der Waals surface area (Å²) in [6, 6.07) is 2.07. The summed E-state index contributed by atoms with van der Waals surface area (Å²) < 4.78 is 0. The Morgan fingerprint density at radius 1 is 1.12 bits per heavy atom. The maximum atomic E-state index is 4.85. The molecule has 0 aromatic rings. The Morgan fingerprint density at radius 2 is 1.83 bits per heavy atom. The molecule has 0 aromatic carbocycles. The number of hydrogen-bond acceptors (Lipinski definition) is 3. The standard InChI is InChI=1S/C19H39N5/c1-6-20-19(21-10-12-24(15(2)3)16(4)5)22-13-17-9-11-23(14-17)18-7-8-18/h15-18H,6-14H2,1-5H3,(H2,20,21,22). The minimum Gasteiger partial charge on any atom is -0.357 e. The third-order valence-electron chi connectivity index (χ3n) is 5.22. The molecule has 1 atom stereocenters. The lowest BCUT2D eigenvalue weighted by molar-refractivity contribution is 0.178. The highest BCUT2D eigenvalue weighted by molar-refractivity contribution is 5.79. The summed E-state index contributed by atoms with van der Waals surface area (Å²) in [4.78, 5) is 10.0. The number of hydrogen-bond donors (Lipinski definition) is 2. The van der Waals surface area contributed by atoms with Crippen molar-refractivity contribution in [2.75, 3.05) is 39.3 Å². The van der Waals surface area contributed by atoms with Crippen LogP contribution >= 0.6 is 0 Å². The van der Waals surface area contributed by atoms with Gasteiger partial charge in [0, 0.05) is 50.8 Å². The molecular formula is C19H39N5. The second-order valence-corrected chi connectivity index (χ2v) is 7.95. The van der Waals surface area contributed by atoms with Gasteiger partial charge in [-0.3, -0.25) is 9.89 Å². The molecule has 1 unspecified atom stereocenters. The van der Waals surface area contributed by atoms with Crippen LogP contribution in [-0.2, 0) is 0 Å². The number of guanidine groups is 1. The summed E-state index contributed by atoms with van der Waals surface area (Å²) in [5.41, 5.74) is 0. The second-order valence-electron chi connectivity index (χ2n) is 7.95. The van der Waals surface area contributed by atoms with E-state index in [9.17, 15) is 0 Å². The first-order valence-corrected chi connectivity index (χ1v) is 10.0. The highest BCUT2D eigenvalue weighted by Gasteiger charge is 2.34. The molecule has 2 fully saturated rings. The van der Waals surface area contributed by atoms with Crippen LogP contribution in [0.4, 0.5) is 0 Å². The van der Waals surface area contributed by atoms with Crippen LogP contribution in [0.1, 0.15) is 53.9 Å². The molecular weight excluding hydrogens is 298 g/mol. The van der Waals surface area contributed by atoms with E-state index in [1.165, 1.54) is 32.4 Å². The molecule has 1 aliphatic heterocycles. The van der Waals surface area contributed by atoms with Crippen LogP contribution in [0.25, 0.3) is 0 Å². The van der Waals surface area contributed by atoms with Crippen LogP contribution in [0.5, 0.6) is 0 Å². The van der Waals surface area contributed by atoms with Crippen molar-refractivity contribution in [2.24, 2.45) is 10.9 Å². The van der Waals surface area contributed by atoms with E-state index in [-0.39, 0.29) is 0 Å². The monoisotopic (exact) mass is 337 g/mol. The van der Waals surface area contributed by atoms with Gasteiger partial charge in [0.25, 0.3) is 0 Å². The van der Waals surface area contributed by atoms with Crippen LogP contribution in [0, 0.1) is 5.92 Å². The van der Waals surface area contributed by atoms with Crippen LogP contribution in [0.2, 0.25) is 0 Å². The fourth-order valence-corrected chi connectivity index (χ4v) is 3.76. The van der Waals surface area contributed by atoms with Gasteiger partial charge >= 0.3 is 0 Å². The average molecular weight is 338 g/mol. The Kier molecular flexibility index (Phi) is 7.82. The summed E-state index contributed by atoms with van der Waals surface area (Å²) in [6.07, 6.45) is 4.15. The summed E-state index contributed by atoms with van der Waals surface area (Å²) in [5.74, 6) is 1.72. The van der Waals surface area contributed by atoms with Crippen molar-refractivity contribution in [3.8, 4) is 0 Å². The molecule has 0 spiro atoms. The number of likely N-dealkylation sites (tertiary alicyclic amines) is 1. The highest BCUT2D eigenvalue weighted by Crippen LogP contribution is 2.31. The van der Waals surface area contributed by atoms with E-state index in [1.807, 2.05) is 0 Å². The van der Waals surface area contributed by atoms with E-state index < -0.39 is 0 Å². The van der Waals surface area contributed by atoms with Gasteiger partial charge in [-0.15, -0.1) is 0 Å². The van der Waals surface area contributed by atoms with Crippen molar-refractivity contribution in [2.45, 2.75) is 72.0 Å². The summed E-state index contributed by atoms with van der Waals surface area (Å²) >= 11 is 0.